The Morgan fingerprint density at radius 2 is 1.62 bits per heavy atom. The number of carbonyl (C=O) groups is 1. The van der Waals surface area contributed by atoms with Gasteiger partial charge in [-0.1, -0.05) is 42.5 Å². The van der Waals surface area contributed by atoms with Gasteiger partial charge in [0.25, 0.3) is 5.91 Å². The number of hydrogen-bond donors (Lipinski definition) is 1. The molecule has 0 radical (unpaired) electrons. The molecule has 0 aliphatic carbocycles. The van der Waals surface area contributed by atoms with Gasteiger partial charge in [-0.2, -0.15) is 0 Å². The van der Waals surface area contributed by atoms with E-state index in [-0.39, 0.29) is 6.10 Å². The molecule has 0 bridgehead atoms. The Bertz CT molecular complexity index is 581. The molecule has 0 saturated carbocycles. The van der Waals surface area contributed by atoms with Crippen molar-refractivity contribution in [2.75, 3.05) is 7.11 Å². The van der Waals surface area contributed by atoms with E-state index < -0.39 is 12.0 Å². The molecule has 0 saturated heterocycles. The van der Waals surface area contributed by atoms with Crippen LogP contribution in [-0.4, -0.2) is 13.0 Å². The molecule has 0 fully saturated rings. The van der Waals surface area contributed by atoms with Crippen molar-refractivity contribution in [2.45, 2.75) is 19.1 Å². The van der Waals surface area contributed by atoms with Gasteiger partial charge in [-0.25, -0.2) is 0 Å². The third-order valence-electron chi connectivity index (χ3n) is 3.29. The minimum absolute atomic E-state index is 0.231. The van der Waals surface area contributed by atoms with E-state index >= 15 is 0 Å². The molecule has 0 heterocycles. The third kappa shape index (κ3) is 3.83. The second-order valence-corrected chi connectivity index (χ2v) is 4.74. The smallest absolute Gasteiger partial charge is 0.251 e. The van der Waals surface area contributed by atoms with Gasteiger partial charge in [0.15, 0.2) is 6.10 Å². The topological polar surface area (TPSA) is 61.6 Å². The predicted octanol–water partition coefficient (Wildman–Crippen LogP) is 3.00. The summed E-state index contributed by atoms with van der Waals surface area (Å²) in [6.45, 7) is 1.90. The van der Waals surface area contributed by atoms with E-state index in [0.717, 1.165) is 11.3 Å². The van der Waals surface area contributed by atoms with Gasteiger partial charge in [0.05, 0.1) is 13.2 Å². The maximum absolute atomic E-state index is 11.7. The zero-order valence-electron chi connectivity index (χ0n) is 12.2. The molecule has 0 aliphatic heterocycles. The summed E-state index contributed by atoms with van der Waals surface area (Å²) in [6, 6.07) is 16.8. The van der Waals surface area contributed by atoms with E-state index in [9.17, 15) is 4.79 Å². The lowest BCUT2D eigenvalue weighted by Crippen LogP contribution is -2.24. The van der Waals surface area contributed by atoms with E-state index in [4.69, 9.17) is 15.2 Å². The summed E-state index contributed by atoms with van der Waals surface area (Å²) in [6.07, 6.45) is -1.02. The number of carbonyl (C=O) groups excluding carboxylic acids is 1. The standard InChI is InChI=1S/C17H19NO3/c1-12(13-6-4-3-5-7-13)21-16(17(18)19)14-8-10-15(20-2)11-9-14/h3-12,16H,1-2H3,(H2,18,19). The number of amides is 1. The SMILES string of the molecule is COc1ccc(C(OC(C)c2ccccc2)C(N)=O)cc1. The second kappa shape index (κ2) is 6.90. The molecule has 0 aliphatic rings. The van der Waals surface area contributed by atoms with Crippen molar-refractivity contribution in [3.63, 3.8) is 0 Å². The molecule has 4 heteroatoms. The lowest BCUT2D eigenvalue weighted by molar-refractivity contribution is -0.133. The van der Waals surface area contributed by atoms with E-state index in [1.54, 1.807) is 31.4 Å². The first-order valence-corrected chi connectivity index (χ1v) is 6.75. The molecule has 2 N–H and O–H groups in total. The maximum atomic E-state index is 11.7. The zero-order valence-corrected chi connectivity index (χ0v) is 12.2. The molecule has 0 aromatic heterocycles. The molecule has 2 aromatic carbocycles. The van der Waals surface area contributed by atoms with Crippen LogP contribution in [0.1, 0.15) is 30.3 Å². The molecule has 110 valence electrons. The van der Waals surface area contributed by atoms with Gasteiger partial charge in [-0.05, 0) is 30.2 Å². The molecular formula is C17H19NO3. The highest BCUT2D eigenvalue weighted by Crippen LogP contribution is 2.27. The summed E-state index contributed by atoms with van der Waals surface area (Å²) in [5.74, 6) is 0.209. The minimum Gasteiger partial charge on any atom is -0.497 e. The van der Waals surface area contributed by atoms with E-state index in [1.807, 2.05) is 37.3 Å². The predicted molar refractivity (Wildman–Crippen MR) is 80.9 cm³/mol. The highest BCUT2D eigenvalue weighted by Gasteiger charge is 2.22. The molecule has 0 spiro atoms. The first-order valence-electron chi connectivity index (χ1n) is 6.75. The Kier molecular flexibility index (Phi) is 4.95. The van der Waals surface area contributed by atoms with E-state index in [0.29, 0.717) is 5.56 Å². The number of ether oxygens (including phenoxy) is 2. The fraction of sp³-hybridized carbons (Fsp3) is 0.235. The Hall–Kier alpha value is -2.33. The summed E-state index contributed by atoms with van der Waals surface area (Å²) < 4.78 is 10.9. The molecule has 2 atom stereocenters. The van der Waals surface area contributed by atoms with Crippen LogP contribution in [0.2, 0.25) is 0 Å². The van der Waals surface area contributed by atoms with Gasteiger partial charge in [-0.3, -0.25) is 4.79 Å². The van der Waals surface area contributed by atoms with Crippen LogP contribution >= 0.6 is 0 Å². The molecular weight excluding hydrogens is 266 g/mol. The van der Waals surface area contributed by atoms with Crippen LogP contribution in [0, 0.1) is 0 Å². The van der Waals surface area contributed by atoms with Gasteiger partial charge in [0.2, 0.25) is 0 Å². The average molecular weight is 285 g/mol. The van der Waals surface area contributed by atoms with Crippen LogP contribution in [0.15, 0.2) is 54.6 Å². The highest BCUT2D eigenvalue weighted by atomic mass is 16.5. The van der Waals surface area contributed by atoms with Crippen molar-refractivity contribution in [1.29, 1.82) is 0 Å². The number of primary amides is 1. The van der Waals surface area contributed by atoms with Crippen molar-refractivity contribution in [3.05, 3.63) is 65.7 Å². The second-order valence-electron chi connectivity index (χ2n) is 4.74. The normalized spacial score (nSPS) is 13.4. The monoisotopic (exact) mass is 285 g/mol. The molecule has 2 aromatic rings. The summed E-state index contributed by atoms with van der Waals surface area (Å²) in [5.41, 5.74) is 7.18. The Morgan fingerprint density at radius 3 is 2.14 bits per heavy atom. The third-order valence-corrected chi connectivity index (χ3v) is 3.29. The summed E-state index contributed by atoms with van der Waals surface area (Å²) in [7, 11) is 1.59. The summed E-state index contributed by atoms with van der Waals surface area (Å²) in [5, 5.41) is 0. The molecule has 2 unspecified atom stereocenters. The van der Waals surface area contributed by atoms with Gasteiger partial charge >= 0.3 is 0 Å². The van der Waals surface area contributed by atoms with Crippen LogP contribution in [0.25, 0.3) is 0 Å². The fourth-order valence-electron chi connectivity index (χ4n) is 2.10. The molecule has 4 nitrogen and oxygen atoms in total. The lowest BCUT2D eigenvalue weighted by Gasteiger charge is -2.21. The average Bonchev–Trinajstić information content (AvgIpc) is 2.53. The van der Waals surface area contributed by atoms with Crippen molar-refractivity contribution in [3.8, 4) is 5.75 Å². The van der Waals surface area contributed by atoms with Crippen molar-refractivity contribution >= 4 is 5.91 Å². The number of benzene rings is 2. The van der Waals surface area contributed by atoms with E-state index in [2.05, 4.69) is 0 Å². The van der Waals surface area contributed by atoms with Crippen LogP contribution in [0.4, 0.5) is 0 Å². The van der Waals surface area contributed by atoms with Crippen LogP contribution in [0.3, 0.4) is 0 Å². The largest absolute Gasteiger partial charge is 0.497 e. The quantitative estimate of drug-likeness (QED) is 0.887. The summed E-state index contributed by atoms with van der Waals surface area (Å²) >= 11 is 0. The van der Waals surface area contributed by atoms with Crippen LogP contribution < -0.4 is 10.5 Å². The lowest BCUT2D eigenvalue weighted by atomic mass is 10.1. The number of rotatable bonds is 6. The first kappa shape index (κ1) is 15.1. The Balaban J connectivity index is 2.17. The summed E-state index contributed by atoms with van der Waals surface area (Å²) in [4.78, 5) is 11.7. The molecule has 2 rings (SSSR count). The molecule has 21 heavy (non-hydrogen) atoms. The number of nitrogens with two attached hydrogens (primary N) is 1. The number of methoxy groups -OCH3 is 1. The van der Waals surface area contributed by atoms with Crippen LogP contribution in [0.5, 0.6) is 5.75 Å². The van der Waals surface area contributed by atoms with Crippen LogP contribution in [-0.2, 0) is 9.53 Å². The van der Waals surface area contributed by atoms with E-state index in [1.165, 1.54) is 0 Å². The minimum atomic E-state index is -0.786. The Morgan fingerprint density at radius 1 is 1.00 bits per heavy atom. The fourth-order valence-corrected chi connectivity index (χ4v) is 2.10. The van der Waals surface area contributed by atoms with Crippen molar-refractivity contribution in [2.24, 2.45) is 5.73 Å². The van der Waals surface area contributed by atoms with Gasteiger partial charge < -0.3 is 15.2 Å². The van der Waals surface area contributed by atoms with Crippen molar-refractivity contribution in [1.82, 2.24) is 0 Å². The van der Waals surface area contributed by atoms with Gasteiger partial charge in [-0.15, -0.1) is 0 Å². The zero-order chi connectivity index (χ0) is 15.2. The highest BCUT2D eigenvalue weighted by molar-refractivity contribution is 5.80. The van der Waals surface area contributed by atoms with Gasteiger partial charge in [0, 0.05) is 0 Å². The first-order chi connectivity index (χ1) is 10.1. The number of hydrogen-bond acceptors (Lipinski definition) is 3. The molecule has 1 amide bonds. The van der Waals surface area contributed by atoms with Crippen molar-refractivity contribution < 1.29 is 14.3 Å². The maximum Gasteiger partial charge on any atom is 0.251 e. The Labute approximate surface area is 124 Å². The van der Waals surface area contributed by atoms with Gasteiger partial charge in [0.1, 0.15) is 5.75 Å².